The van der Waals surface area contributed by atoms with Gasteiger partial charge in [0.25, 0.3) is 0 Å². The number of piperidine rings is 1. The zero-order valence-electron chi connectivity index (χ0n) is 20.3. The molecule has 2 fully saturated rings. The molecule has 0 N–H and O–H groups in total. The summed E-state index contributed by atoms with van der Waals surface area (Å²) in [4.78, 5) is 38.4. The number of rotatable bonds is 4. The van der Waals surface area contributed by atoms with Crippen LogP contribution in [0.25, 0.3) is 22.4 Å². The maximum absolute atomic E-state index is 13.2. The Kier molecular flexibility index (Phi) is 5.50. The summed E-state index contributed by atoms with van der Waals surface area (Å²) in [6.45, 7) is 3.60. The van der Waals surface area contributed by atoms with Crippen molar-refractivity contribution in [2.45, 2.75) is 32.1 Å². The summed E-state index contributed by atoms with van der Waals surface area (Å²) in [5.41, 5.74) is 3.38. The van der Waals surface area contributed by atoms with Gasteiger partial charge in [-0.05, 0) is 38.0 Å². The minimum atomic E-state index is -0.305. The Hall–Kier alpha value is -4.08. The van der Waals surface area contributed by atoms with E-state index in [-0.39, 0.29) is 30.1 Å². The van der Waals surface area contributed by atoms with Crippen LogP contribution in [0, 0.1) is 12.8 Å². The number of hydrogen-bond donors (Lipinski definition) is 0. The standard InChI is InChI=1S/C26H27N7O3/c1-16-20-14-27-21(13-22(20)31(2)29-16)24-28-25(36-30-24)17-8-10-32(11-9-17)26(35)18-12-23(34)33(15-18)19-6-4-3-5-7-19/h3-7,13-14,17-18H,8-12,15H2,1-2H3. The number of pyridine rings is 1. The maximum Gasteiger partial charge on any atom is 0.230 e. The Labute approximate surface area is 207 Å². The lowest BCUT2D eigenvalue weighted by Gasteiger charge is -2.32. The Morgan fingerprint density at radius 3 is 2.69 bits per heavy atom. The lowest BCUT2D eigenvalue weighted by atomic mass is 9.95. The van der Waals surface area contributed by atoms with Gasteiger partial charge in [0.05, 0.1) is 17.1 Å². The number of aryl methyl sites for hydroxylation is 2. The normalized spacial score (nSPS) is 18.9. The molecule has 0 aliphatic carbocycles. The summed E-state index contributed by atoms with van der Waals surface area (Å²) in [6, 6.07) is 11.5. The predicted octanol–water partition coefficient (Wildman–Crippen LogP) is 3.09. The second-order valence-corrected chi connectivity index (χ2v) is 9.59. The van der Waals surface area contributed by atoms with E-state index >= 15 is 0 Å². The molecule has 5 heterocycles. The number of aromatic nitrogens is 5. The van der Waals surface area contributed by atoms with Gasteiger partial charge in [-0.2, -0.15) is 10.1 Å². The van der Waals surface area contributed by atoms with Crippen molar-refractivity contribution in [3.05, 3.63) is 54.2 Å². The molecule has 2 aliphatic heterocycles. The smallest absolute Gasteiger partial charge is 0.230 e. The van der Waals surface area contributed by atoms with E-state index in [9.17, 15) is 9.59 Å². The summed E-state index contributed by atoms with van der Waals surface area (Å²) in [7, 11) is 1.90. The molecular formula is C26H27N7O3. The maximum atomic E-state index is 13.2. The van der Waals surface area contributed by atoms with Crippen molar-refractivity contribution in [2.24, 2.45) is 13.0 Å². The molecule has 184 valence electrons. The van der Waals surface area contributed by atoms with Gasteiger partial charge in [0.2, 0.25) is 23.5 Å². The highest BCUT2D eigenvalue weighted by atomic mass is 16.5. The number of amides is 2. The molecule has 0 radical (unpaired) electrons. The zero-order chi connectivity index (χ0) is 24.8. The zero-order valence-corrected chi connectivity index (χ0v) is 20.3. The first kappa shape index (κ1) is 22.4. The molecule has 2 saturated heterocycles. The first-order valence-electron chi connectivity index (χ1n) is 12.3. The average Bonchev–Trinajstić information content (AvgIpc) is 3.62. The molecule has 2 amide bonds. The quantitative estimate of drug-likeness (QED) is 0.437. The fourth-order valence-corrected chi connectivity index (χ4v) is 5.29. The van der Waals surface area contributed by atoms with Crippen LogP contribution in [0.1, 0.15) is 36.8 Å². The molecule has 10 nitrogen and oxygen atoms in total. The lowest BCUT2D eigenvalue weighted by molar-refractivity contribution is -0.136. The fraction of sp³-hybridized carbons (Fsp3) is 0.385. The molecule has 36 heavy (non-hydrogen) atoms. The number of carbonyl (C=O) groups is 2. The van der Waals surface area contributed by atoms with Crippen molar-refractivity contribution >= 4 is 28.4 Å². The minimum absolute atomic E-state index is 0.000839. The van der Waals surface area contributed by atoms with Gasteiger partial charge >= 0.3 is 0 Å². The highest BCUT2D eigenvalue weighted by molar-refractivity contribution is 6.00. The molecule has 4 aromatic rings. The molecule has 10 heteroatoms. The Morgan fingerprint density at radius 1 is 1.14 bits per heavy atom. The van der Waals surface area contributed by atoms with E-state index in [1.54, 1.807) is 11.1 Å². The molecule has 1 aromatic carbocycles. The monoisotopic (exact) mass is 485 g/mol. The van der Waals surface area contributed by atoms with Crippen LogP contribution in [0.15, 0.2) is 47.1 Å². The number of carbonyl (C=O) groups excluding carboxylic acids is 2. The average molecular weight is 486 g/mol. The van der Waals surface area contributed by atoms with E-state index in [1.165, 1.54) is 0 Å². The van der Waals surface area contributed by atoms with E-state index in [2.05, 4.69) is 20.2 Å². The molecular weight excluding hydrogens is 458 g/mol. The van der Waals surface area contributed by atoms with Crippen molar-refractivity contribution in [3.8, 4) is 11.5 Å². The third kappa shape index (κ3) is 3.92. The second-order valence-electron chi connectivity index (χ2n) is 9.59. The van der Waals surface area contributed by atoms with Crippen LogP contribution in [0.4, 0.5) is 5.69 Å². The summed E-state index contributed by atoms with van der Waals surface area (Å²) >= 11 is 0. The van der Waals surface area contributed by atoms with Gasteiger partial charge in [0, 0.05) is 56.3 Å². The van der Waals surface area contributed by atoms with Crippen LogP contribution in [-0.2, 0) is 16.6 Å². The summed E-state index contributed by atoms with van der Waals surface area (Å²) in [5, 5.41) is 9.60. The topological polar surface area (TPSA) is 110 Å². The SMILES string of the molecule is Cc1nn(C)c2cc(-c3noc(C4CCN(C(=O)C5CC(=O)N(c6ccccc6)C5)CC4)n3)ncc12. The van der Waals surface area contributed by atoms with Crippen molar-refractivity contribution < 1.29 is 14.1 Å². The molecule has 1 atom stereocenters. The largest absolute Gasteiger partial charge is 0.342 e. The van der Waals surface area contributed by atoms with E-state index in [0.717, 1.165) is 35.1 Å². The number of nitrogens with zero attached hydrogens (tertiary/aromatic N) is 7. The Morgan fingerprint density at radius 2 is 1.92 bits per heavy atom. The van der Waals surface area contributed by atoms with E-state index in [1.807, 2.05) is 60.0 Å². The minimum Gasteiger partial charge on any atom is -0.342 e. The number of anilines is 1. The van der Waals surface area contributed by atoms with Gasteiger partial charge in [-0.25, -0.2) is 0 Å². The van der Waals surface area contributed by atoms with Crippen LogP contribution >= 0.6 is 0 Å². The number of hydrogen-bond acceptors (Lipinski definition) is 7. The Bertz CT molecular complexity index is 1440. The predicted molar refractivity (Wildman–Crippen MR) is 132 cm³/mol. The van der Waals surface area contributed by atoms with Gasteiger partial charge in [0.15, 0.2) is 0 Å². The van der Waals surface area contributed by atoms with E-state index < -0.39 is 0 Å². The first-order valence-corrected chi connectivity index (χ1v) is 12.3. The third-order valence-corrected chi connectivity index (χ3v) is 7.29. The van der Waals surface area contributed by atoms with Crippen molar-refractivity contribution in [1.29, 1.82) is 0 Å². The molecule has 0 spiro atoms. The van der Waals surface area contributed by atoms with Crippen LogP contribution in [-0.4, -0.2) is 61.3 Å². The van der Waals surface area contributed by atoms with Crippen LogP contribution in [0.2, 0.25) is 0 Å². The fourth-order valence-electron chi connectivity index (χ4n) is 5.29. The van der Waals surface area contributed by atoms with Crippen molar-refractivity contribution in [2.75, 3.05) is 24.5 Å². The highest BCUT2D eigenvalue weighted by Crippen LogP contribution is 2.31. The van der Waals surface area contributed by atoms with Crippen molar-refractivity contribution in [1.82, 2.24) is 29.8 Å². The number of fused-ring (bicyclic) bond motifs is 1. The first-order chi connectivity index (χ1) is 17.5. The number of benzene rings is 1. The number of para-hydroxylation sites is 1. The van der Waals surface area contributed by atoms with E-state index in [4.69, 9.17) is 4.52 Å². The molecule has 1 unspecified atom stereocenters. The third-order valence-electron chi connectivity index (χ3n) is 7.29. The van der Waals surface area contributed by atoms with Gasteiger partial charge in [-0.3, -0.25) is 19.3 Å². The van der Waals surface area contributed by atoms with Gasteiger partial charge in [-0.1, -0.05) is 23.4 Å². The lowest BCUT2D eigenvalue weighted by Crippen LogP contribution is -2.42. The Balaban J connectivity index is 1.09. The summed E-state index contributed by atoms with van der Waals surface area (Å²) in [6.07, 6.45) is 3.53. The van der Waals surface area contributed by atoms with Gasteiger partial charge in [-0.15, -0.1) is 0 Å². The molecule has 0 bridgehead atoms. The molecule has 0 saturated carbocycles. The van der Waals surface area contributed by atoms with Crippen molar-refractivity contribution in [3.63, 3.8) is 0 Å². The molecule has 2 aliphatic rings. The summed E-state index contributed by atoms with van der Waals surface area (Å²) < 4.78 is 7.42. The highest BCUT2D eigenvalue weighted by Gasteiger charge is 2.38. The summed E-state index contributed by atoms with van der Waals surface area (Å²) in [5.74, 6) is 0.863. The van der Waals surface area contributed by atoms with Crippen LogP contribution in [0.3, 0.4) is 0 Å². The van der Waals surface area contributed by atoms with Crippen LogP contribution in [0.5, 0.6) is 0 Å². The van der Waals surface area contributed by atoms with Gasteiger partial charge < -0.3 is 14.3 Å². The second kappa shape index (κ2) is 8.85. The molecule has 6 rings (SSSR count). The van der Waals surface area contributed by atoms with Gasteiger partial charge in [0.1, 0.15) is 5.69 Å². The van der Waals surface area contributed by atoms with Crippen LogP contribution < -0.4 is 4.90 Å². The number of likely N-dealkylation sites (tertiary alicyclic amines) is 1. The van der Waals surface area contributed by atoms with E-state index in [0.29, 0.717) is 37.0 Å². The molecule has 3 aromatic heterocycles.